The first-order chi connectivity index (χ1) is 27.0. The van der Waals surface area contributed by atoms with Gasteiger partial charge in [0.2, 0.25) is 0 Å². The molecule has 1 atom stereocenters. The van der Waals surface area contributed by atoms with Crippen LogP contribution in [0.3, 0.4) is 0 Å². The molecule has 0 spiro atoms. The Balaban J connectivity index is 4.27. The number of hydrogen-bond acceptors (Lipinski definition) is 6. The number of carbonyl (C=O) groups is 3. The molecule has 0 saturated carbocycles. The van der Waals surface area contributed by atoms with Gasteiger partial charge in [-0.1, -0.05) is 198 Å². The smallest absolute Gasteiger partial charge is 0.306 e. The van der Waals surface area contributed by atoms with Gasteiger partial charge in [0.05, 0.1) is 0 Å². The number of ether oxygens (including phenoxy) is 3. The summed E-state index contributed by atoms with van der Waals surface area (Å²) in [6, 6.07) is 0. The third-order valence-corrected chi connectivity index (χ3v) is 10.1. The van der Waals surface area contributed by atoms with Gasteiger partial charge in [0.1, 0.15) is 13.2 Å². The van der Waals surface area contributed by atoms with Gasteiger partial charge in [-0.2, -0.15) is 0 Å². The van der Waals surface area contributed by atoms with Crippen LogP contribution in [-0.4, -0.2) is 37.2 Å². The quantitative estimate of drug-likeness (QED) is 0.0266. The molecule has 1 unspecified atom stereocenters. The third kappa shape index (κ3) is 42.6. The van der Waals surface area contributed by atoms with Crippen LogP contribution in [0, 0.1) is 0 Å². The minimum atomic E-state index is -0.769. The molecule has 0 saturated heterocycles. The molecule has 0 heterocycles. The molecule has 0 aliphatic carbocycles. The zero-order valence-corrected chi connectivity index (χ0v) is 36.4. The van der Waals surface area contributed by atoms with E-state index in [0.29, 0.717) is 19.3 Å². The van der Waals surface area contributed by atoms with Crippen LogP contribution in [0.5, 0.6) is 0 Å². The predicted molar refractivity (Wildman–Crippen MR) is 233 cm³/mol. The van der Waals surface area contributed by atoms with E-state index in [1.165, 1.54) is 122 Å². The average Bonchev–Trinajstić information content (AvgIpc) is 3.18. The summed E-state index contributed by atoms with van der Waals surface area (Å²) in [4.78, 5) is 37.6. The molecule has 0 aromatic heterocycles. The molecule has 0 amide bonds. The Morgan fingerprint density at radius 1 is 0.364 bits per heavy atom. The van der Waals surface area contributed by atoms with E-state index in [9.17, 15) is 14.4 Å². The highest BCUT2D eigenvalue weighted by Crippen LogP contribution is 2.14. The van der Waals surface area contributed by atoms with Crippen molar-refractivity contribution in [3.63, 3.8) is 0 Å². The number of unbranched alkanes of at least 4 members (excludes halogenated alkanes) is 25. The van der Waals surface area contributed by atoms with E-state index in [1.54, 1.807) is 0 Å². The molecule has 320 valence electrons. The van der Waals surface area contributed by atoms with Gasteiger partial charge in [0.15, 0.2) is 6.10 Å². The molecular formula is C49H88O6. The first-order valence-corrected chi connectivity index (χ1v) is 23.5. The summed E-state index contributed by atoms with van der Waals surface area (Å²) < 4.78 is 16.7. The van der Waals surface area contributed by atoms with Crippen molar-refractivity contribution in [2.24, 2.45) is 0 Å². The van der Waals surface area contributed by atoms with Gasteiger partial charge in [-0.3, -0.25) is 14.4 Å². The second-order valence-electron chi connectivity index (χ2n) is 15.7. The standard InChI is InChI=1S/C49H88O6/c1-4-7-10-13-16-19-21-22-23-24-25-26-27-28-29-31-33-36-39-42-48(51)54-45-46(44-53-47(50)41-38-35-32-18-15-12-9-6-3)55-49(52)43-40-37-34-30-20-17-14-11-8-5-2/h16,19,22-23,25-26,46H,4-15,17-18,20-21,24,27-45H2,1-3H3/b19-16-,23-22-,26-25-. The first-order valence-electron chi connectivity index (χ1n) is 23.5. The van der Waals surface area contributed by atoms with E-state index in [2.05, 4.69) is 57.2 Å². The lowest BCUT2D eigenvalue weighted by molar-refractivity contribution is -0.167. The van der Waals surface area contributed by atoms with Crippen LogP contribution in [0.1, 0.15) is 239 Å². The summed E-state index contributed by atoms with van der Waals surface area (Å²) in [5.41, 5.74) is 0. The topological polar surface area (TPSA) is 78.9 Å². The Morgan fingerprint density at radius 3 is 1.05 bits per heavy atom. The molecule has 0 aromatic carbocycles. The highest BCUT2D eigenvalue weighted by molar-refractivity contribution is 5.71. The van der Waals surface area contributed by atoms with Crippen LogP contribution >= 0.6 is 0 Å². The summed E-state index contributed by atoms with van der Waals surface area (Å²) in [5.74, 6) is -0.889. The number of allylic oxidation sites excluding steroid dienone is 6. The van der Waals surface area contributed by atoms with E-state index in [4.69, 9.17) is 14.2 Å². The van der Waals surface area contributed by atoms with Crippen LogP contribution in [0.4, 0.5) is 0 Å². The van der Waals surface area contributed by atoms with Gasteiger partial charge >= 0.3 is 17.9 Å². The molecule has 0 rings (SSSR count). The van der Waals surface area contributed by atoms with Gasteiger partial charge in [0, 0.05) is 19.3 Å². The lowest BCUT2D eigenvalue weighted by Crippen LogP contribution is -2.30. The molecular weight excluding hydrogens is 685 g/mol. The summed E-state index contributed by atoms with van der Waals surface area (Å²) in [7, 11) is 0. The van der Waals surface area contributed by atoms with Crippen molar-refractivity contribution in [3.05, 3.63) is 36.5 Å². The second-order valence-corrected chi connectivity index (χ2v) is 15.7. The van der Waals surface area contributed by atoms with Crippen molar-refractivity contribution in [2.75, 3.05) is 13.2 Å². The van der Waals surface area contributed by atoms with Gasteiger partial charge in [0.25, 0.3) is 0 Å². The molecule has 0 fully saturated rings. The van der Waals surface area contributed by atoms with Gasteiger partial charge in [-0.15, -0.1) is 0 Å². The van der Waals surface area contributed by atoms with E-state index >= 15 is 0 Å². The fourth-order valence-electron chi connectivity index (χ4n) is 6.57. The molecule has 0 N–H and O–H groups in total. The minimum Gasteiger partial charge on any atom is -0.462 e. The predicted octanol–water partition coefficient (Wildman–Crippen LogP) is 15.0. The summed E-state index contributed by atoms with van der Waals surface area (Å²) >= 11 is 0. The van der Waals surface area contributed by atoms with Crippen LogP contribution in [-0.2, 0) is 28.6 Å². The Hall–Kier alpha value is -2.37. The molecule has 55 heavy (non-hydrogen) atoms. The first kappa shape index (κ1) is 52.6. The Bertz CT molecular complexity index is 938. The number of carbonyl (C=O) groups excluding carboxylic acids is 3. The average molecular weight is 773 g/mol. The van der Waals surface area contributed by atoms with Gasteiger partial charge in [-0.05, 0) is 57.8 Å². The SMILES string of the molecule is CCCCC/C=C\C/C=C\C/C=C\CCCCCCCCC(=O)OCC(COC(=O)CCCCCCCCCC)OC(=O)CCCCCCCCCCCC. The van der Waals surface area contributed by atoms with Crippen molar-refractivity contribution in [3.8, 4) is 0 Å². The van der Waals surface area contributed by atoms with Crippen molar-refractivity contribution < 1.29 is 28.6 Å². The molecule has 6 heteroatoms. The maximum Gasteiger partial charge on any atom is 0.306 e. The molecule has 0 radical (unpaired) electrons. The lowest BCUT2D eigenvalue weighted by atomic mass is 10.1. The second kappa shape index (κ2) is 44.3. The lowest BCUT2D eigenvalue weighted by Gasteiger charge is -2.18. The summed E-state index contributed by atoms with van der Waals surface area (Å²) in [6.07, 6.45) is 49.9. The normalized spacial score (nSPS) is 12.3. The van der Waals surface area contributed by atoms with Gasteiger partial charge < -0.3 is 14.2 Å². The van der Waals surface area contributed by atoms with Crippen LogP contribution in [0.2, 0.25) is 0 Å². The van der Waals surface area contributed by atoms with Gasteiger partial charge in [-0.25, -0.2) is 0 Å². The molecule has 0 bridgehead atoms. The molecule has 6 nitrogen and oxygen atoms in total. The zero-order valence-electron chi connectivity index (χ0n) is 36.4. The number of rotatable bonds is 42. The molecule has 0 aliphatic heterocycles. The van der Waals surface area contributed by atoms with Crippen molar-refractivity contribution in [1.29, 1.82) is 0 Å². The fraction of sp³-hybridized carbons (Fsp3) is 0.816. The van der Waals surface area contributed by atoms with Crippen LogP contribution in [0.15, 0.2) is 36.5 Å². The zero-order chi connectivity index (χ0) is 40.1. The maximum atomic E-state index is 12.7. The van der Waals surface area contributed by atoms with Crippen molar-refractivity contribution in [1.82, 2.24) is 0 Å². The fourth-order valence-corrected chi connectivity index (χ4v) is 6.57. The molecule has 0 aromatic rings. The van der Waals surface area contributed by atoms with Crippen molar-refractivity contribution in [2.45, 2.75) is 245 Å². The highest BCUT2D eigenvalue weighted by atomic mass is 16.6. The van der Waals surface area contributed by atoms with E-state index in [-0.39, 0.29) is 31.1 Å². The number of hydrogen-bond donors (Lipinski definition) is 0. The van der Waals surface area contributed by atoms with E-state index < -0.39 is 6.10 Å². The Kier molecular flexibility index (Phi) is 42.4. The van der Waals surface area contributed by atoms with E-state index in [1.807, 2.05) is 0 Å². The minimum absolute atomic E-state index is 0.0738. The largest absolute Gasteiger partial charge is 0.462 e. The monoisotopic (exact) mass is 773 g/mol. The third-order valence-electron chi connectivity index (χ3n) is 10.1. The molecule has 0 aliphatic rings. The van der Waals surface area contributed by atoms with Crippen LogP contribution in [0.25, 0.3) is 0 Å². The number of esters is 3. The Morgan fingerprint density at radius 2 is 0.655 bits per heavy atom. The summed E-state index contributed by atoms with van der Waals surface area (Å²) in [6.45, 7) is 6.56. The van der Waals surface area contributed by atoms with E-state index in [0.717, 1.165) is 77.0 Å². The highest BCUT2D eigenvalue weighted by Gasteiger charge is 2.19. The maximum absolute atomic E-state index is 12.7. The summed E-state index contributed by atoms with van der Waals surface area (Å²) in [5, 5.41) is 0. The van der Waals surface area contributed by atoms with Crippen molar-refractivity contribution >= 4 is 17.9 Å². The van der Waals surface area contributed by atoms with Crippen LogP contribution < -0.4 is 0 Å². The Labute approximate surface area is 340 Å².